The zero-order valence-corrected chi connectivity index (χ0v) is 29.6. The first-order valence-electron chi connectivity index (χ1n) is 16.3. The Kier molecular flexibility index (Phi) is 23.0. The molecule has 0 aromatic heterocycles. The third kappa shape index (κ3) is 14.3. The molecule has 6 atom stereocenters. The van der Waals surface area contributed by atoms with Gasteiger partial charge in [-0.3, -0.25) is 9.59 Å². The number of Topliss-reactive ketones (excluding diaryl/α,β-unsaturated/α-hetero) is 1. The van der Waals surface area contributed by atoms with Crippen LogP contribution in [-0.4, -0.2) is 59.8 Å². The van der Waals surface area contributed by atoms with Crippen molar-refractivity contribution in [3.63, 3.8) is 0 Å². The van der Waals surface area contributed by atoms with Crippen LogP contribution in [0.5, 0.6) is 0 Å². The first-order valence-corrected chi connectivity index (χ1v) is 17.9. The molecular weight excluding hydrogens is 595 g/mol. The second-order valence-corrected chi connectivity index (χ2v) is 12.9. The summed E-state index contributed by atoms with van der Waals surface area (Å²) < 4.78 is 2.69. The van der Waals surface area contributed by atoms with Crippen molar-refractivity contribution in [2.24, 2.45) is 39.8 Å². The Morgan fingerprint density at radius 2 is 1.34 bits per heavy atom. The summed E-state index contributed by atoms with van der Waals surface area (Å²) in [6.07, 6.45) is 15.3. The van der Waals surface area contributed by atoms with Crippen molar-refractivity contribution in [2.45, 2.75) is 124 Å². The van der Waals surface area contributed by atoms with E-state index in [-0.39, 0.29) is 11.4 Å². The number of nitrogens with zero attached hydrogens (tertiary/aromatic N) is 2. The summed E-state index contributed by atoms with van der Waals surface area (Å²) in [5.74, 6) is 4.36. The summed E-state index contributed by atoms with van der Waals surface area (Å²) in [6.45, 7) is 20.2. The van der Waals surface area contributed by atoms with Crippen LogP contribution in [0.1, 0.15) is 119 Å². The molecule has 4 aliphatic carbocycles. The van der Waals surface area contributed by atoms with E-state index in [1.165, 1.54) is 64.2 Å². The van der Waals surface area contributed by atoms with Gasteiger partial charge in [0.05, 0.1) is 5.60 Å². The van der Waals surface area contributed by atoms with Crippen molar-refractivity contribution in [1.29, 1.82) is 0 Å². The van der Waals surface area contributed by atoms with Crippen LogP contribution >= 0.6 is 28.7 Å². The van der Waals surface area contributed by atoms with Crippen LogP contribution in [0, 0.1) is 35.5 Å². The van der Waals surface area contributed by atoms with E-state index < -0.39 is 0 Å². The zero-order chi connectivity index (χ0) is 31.4. The predicted octanol–water partition coefficient (Wildman–Crippen LogP) is 8.43. The van der Waals surface area contributed by atoms with E-state index in [2.05, 4.69) is 93.7 Å². The molecule has 5 nitrogen and oxygen atoms in total. The monoisotopic (exact) mass is 655 g/mol. The second kappa shape index (κ2) is 23.1. The molecule has 0 unspecified atom stereocenters. The Bertz CT molecular complexity index is 736. The van der Waals surface area contributed by atoms with Gasteiger partial charge in [0.15, 0.2) is 5.78 Å². The van der Waals surface area contributed by atoms with Crippen molar-refractivity contribution in [1.82, 2.24) is 4.90 Å². The van der Waals surface area contributed by atoms with Gasteiger partial charge in [-0.1, -0.05) is 83.3 Å². The number of carbonyl (C=O) groups is 2. The minimum atomic E-state index is -0.182. The molecule has 0 aromatic rings. The standard InChI is InChI=1S/C9H15BrO.C9H16O.C9H14O.C6H15N.BHNS/c1-2-7-3-4-8(7)9(11)5-6-10;1-2-7-3-4-8(7)9(10)5-6-9;1-3-7-5-6-8(7)9(10)4-2;1-4-7(5-2)6-3;1-2-3/h7-8H,2-6H2,1H3;7-8,10H,2-6H2,1H3;4,7-8H,2-3,5-6H2,1H3;4-6H2,1-3H3;3H/t3*7-,8-;;/m111../s1. The molecule has 0 spiro atoms. The van der Waals surface area contributed by atoms with Gasteiger partial charge < -0.3 is 10.0 Å². The Labute approximate surface area is 268 Å². The van der Waals surface area contributed by atoms with E-state index in [4.69, 9.17) is 0 Å². The van der Waals surface area contributed by atoms with Gasteiger partial charge in [-0.15, -0.1) is 0 Å². The fourth-order valence-corrected chi connectivity index (χ4v) is 6.67. The van der Waals surface area contributed by atoms with Crippen molar-refractivity contribution >= 4 is 47.9 Å². The number of alkyl halides is 1. The fourth-order valence-electron chi connectivity index (χ4n) is 6.28. The number of hydrogen-bond acceptors (Lipinski definition) is 6. The van der Waals surface area contributed by atoms with Gasteiger partial charge in [0.2, 0.25) is 0 Å². The van der Waals surface area contributed by atoms with Crippen LogP contribution < -0.4 is 0 Å². The molecule has 4 aliphatic rings. The van der Waals surface area contributed by atoms with Crippen LogP contribution in [0.15, 0.2) is 17.0 Å². The molecule has 0 amide bonds. The Morgan fingerprint density at radius 3 is 1.59 bits per heavy atom. The molecule has 0 bridgehead atoms. The summed E-state index contributed by atoms with van der Waals surface area (Å²) in [5.41, 5.74) is -0.182. The zero-order valence-electron chi connectivity index (χ0n) is 27.1. The summed E-state index contributed by atoms with van der Waals surface area (Å²) in [7, 11) is 4.34. The van der Waals surface area contributed by atoms with E-state index in [1.807, 2.05) is 0 Å². The molecule has 4 fully saturated rings. The maximum atomic E-state index is 11.4. The van der Waals surface area contributed by atoms with Gasteiger partial charge >= 0.3 is 24.8 Å². The molecule has 1 N–H and O–H groups in total. The quantitative estimate of drug-likeness (QED) is 0.0958. The molecule has 8 heteroatoms. The van der Waals surface area contributed by atoms with Crippen molar-refractivity contribution in [3.05, 3.63) is 12.7 Å². The van der Waals surface area contributed by atoms with Gasteiger partial charge in [-0.25, -0.2) is 0 Å². The first kappa shape index (κ1) is 40.7. The normalized spacial score (nSPS) is 27.9. The number of rotatable bonds is 12. The second-order valence-electron chi connectivity index (χ2n) is 11.9. The fraction of sp³-hybridized carbons (Fsp3) is 0.879. The van der Waals surface area contributed by atoms with Gasteiger partial charge in [0.25, 0.3) is 0 Å². The van der Waals surface area contributed by atoms with Crippen LogP contribution in [0.4, 0.5) is 0 Å². The number of aliphatic hydroxyl groups is 1. The number of carbonyl (C=O) groups excluding carboxylic acids is 2. The summed E-state index contributed by atoms with van der Waals surface area (Å²) in [6, 6.07) is 0. The summed E-state index contributed by atoms with van der Waals surface area (Å²) >= 11 is 6.48. The molecule has 237 valence electrons. The molecule has 0 heterocycles. The summed E-state index contributed by atoms with van der Waals surface area (Å²) in [4.78, 5) is 24.8. The van der Waals surface area contributed by atoms with Crippen LogP contribution in [0.3, 0.4) is 0 Å². The minimum absolute atomic E-state index is 0.182. The van der Waals surface area contributed by atoms with E-state index >= 15 is 0 Å². The van der Waals surface area contributed by atoms with Gasteiger partial charge in [0, 0.05) is 23.6 Å². The predicted molar refractivity (Wildman–Crippen MR) is 183 cm³/mol. The average Bonchev–Trinajstić information content (AvgIpc) is 3.62. The number of hydrogen-bond donors (Lipinski definition) is 2. The third-order valence-electron chi connectivity index (χ3n) is 9.94. The first-order chi connectivity index (χ1) is 19.6. The van der Waals surface area contributed by atoms with Crippen molar-refractivity contribution in [2.75, 3.05) is 25.0 Å². The van der Waals surface area contributed by atoms with Gasteiger partial charge in [-0.2, -0.15) is 0 Å². The van der Waals surface area contributed by atoms with E-state index in [0.717, 1.165) is 49.8 Å². The van der Waals surface area contributed by atoms with E-state index in [0.29, 0.717) is 35.4 Å². The van der Waals surface area contributed by atoms with Crippen LogP contribution in [0.2, 0.25) is 0 Å². The molecule has 0 aromatic carbocycles. The van der Waals surface area contributed by atoms with Crippen LogP contribution in [0.25, 0.3) is 0 Å². The van der Waals surface area contributed by atoms with Gasteiger partial charge in [-0.05, 0) is 101 Å². The third-order valence-corrected chi connectivity index (χ3v) is 10.3. The number of halogens is 1. The van der Waals surface area contributed by atoms with Crippen molar-refractivity contribution < 1.29 is 14.7 Å². The maximum absolute atomic E-state index is 11.4. The number of allylic oxidation sites excluding steroid dienone is 1. The topological polar surface area (TPSA) is 70.0 Å². The Hall–Kier alpha value is -0.305. The van der Waals surface area contributed by atoms with Crippen LogP contribution in [-0.2, 0) is 9.59 Å². The molecule has 0 aliphatic heterocycles. The van der Waals surface area contributed by atoms with Crippen molar-refractivity contribution in [3.8, 4) is 0 Å². The molecule has 1 radical (unpaired) electrons. The molecule has 4 rings (SSSR count). The Balaban J connectivity index is 0.000000509. The number of thiol groups is 1. The summed E-state index contributed by atoms with van der Waals surface area (Å²) in [5, 5.41) is 10.6. The number of ketones is 2. The Morgan fingerprint density at radius 1 is 0.902 bits per heavy atom. The molecule has 0 saturated heterocycles. The molecular formula is C33H61BBrN2O3S. The molecule has 4 saturated carbocycles. The SMILES string of the molecule is C=CC(=O)[C@@H]1CC[C@H]1CC.CCN(CC)CC.CC[C@@H]1CC[C@H]1C(=O)CCBr.CC[C@@H]1CC[C@H]1C1(O)CC1.[B]=NS. The average molecular weight is 657 g/mol. The van der Waals surface area contributed by atoms with E-state index in [1.54, 1.807) is 0 Å². The van der Waals surface area contributed by atoms with Gasteiger partial charge in [0.1, 0.15) is 5.78 Å². The van der Waals surface area contributed by atoms with E-state index in [9.17, 15) is 14.7 Å². The molecule has 41 heavy (non-hydrogen) atoms.